The first kappa shape index (κ1) is 18.3. The van der Waals surface area contributed by atoms with Crippen molar-refractivity contribution in [3.63, 3.8) is 0 Å². The lowest BCUT2D eigenvalue weighted by molar-refractivity contribution is -0.130. The Balaban J connectivity index is 1.64. The summed E-state index contributed by atoms with van der Waals surface area (Å²) in [4.78, 5) is 36.4. The lowest BCUT2D eigenvalue weighted by Gasteiger charge is -2.32. The van der Waals surface area contributed by atoms with Gasteiger partial charge in [0.1, 0.15) is 12.1 Å². The molecule has 0 unspecified atom stereocenters. The predicted molar refractivity (Wildman–Crippen MR) is 107 cm³/mol. The van der Waals surface area contributed by atoms with Crippen LogP contribution < -0.4 is 5.56 Å². The van der Waals surface area contributed by atoms with Gasteiger partial charge in [-0.25, -0.2) is 9.97 Å². The van der Waals surface area contributed by atoms with Crippen LogP contribution in [0, 0.1) is 6.92 Å². The van der Waals surface area contributed by atoms with Gasteiger partial charge in [0.2, 0.25) is 17.2 Å². The molecule has 1 saturated heterocycles. The summed E-state index contributed by atoms with van der Waals surface area (Å²) >= 11 is 0. The molecular weight excluding hydrogens is 372 g/mol. The van der Waals surface area contributed by atoms with E-state index in [1.54, 1.807) is 4.90 Å². The molecule has 0 bridgehead atoms. The van der Waals surface area contributed by atoms with Crippen LogP contribution in [-0.2, 0) is 29.1 Å². The van der Waals surface area contributed by atoms with Crippen LogP contribution in [0.3, 0.4) is 0 Å². The molecule has 1 fully saturated rings. The largest absolute Gasteiger partial charge is 0.430 e. The van der Waals surface area contributed by atoms with E-state index >= 15 is 0 Å². The molecule has 8 nitrogen and oxygen atoms in total. The van der Waals surface area contributed by atoms with E-state index in [4.69, 9.17) is 9.15 Å². The summed E-state index contributed by atoms with van der Waals surface area (Å²) in [6.07, 6.45) is 4.16. The van der Waals surface area contributed by atoms with Crippen LogP contribution in [-0.4, -0.2) is 44.0 Å². The number of ether oxygens (including phenoxy) is 1. The molecule has 3 aromatic heterocycles. The Morgan fingerprint density at radius 1 is 1.24 bits per heavy atom. The van der Waals surface area contributed by atoms with Gasteiger partial charge in [-0.3, -0.25) is 14.2 Å². The molecule has 8 heteroatoms. The molecule has 3 aromatic rings. The fraction of sp³-hybridized carbons (Fsp3) is 0.524. The van der Waals surface area contributed by atoms with Crippen LogP contribution in [0.25, 0.3) is 22.2 Å². The molecule has 2 aliphatic heterocycles. The topological polar surface area (TPSA) is 90.5 Å². The van der Waals surface area contributed by atoms with Crippen molar-refractivity contribution in [3.05, 3.63) is 33.5 Å². The summed E-state index contributed by atoms with van der Waals surface area (Å²) in [5.74, 6) is -0.0629. The second-order valence-corrected chi connectivity index (χ2v) is 8.60. The first-order valence-corrected chi connectivity index (χ1v) is 10.1. The van der Waals surface area contributed by atoms with Gasteiger partial charge < -0.3 is 14.1 Å². The van der Waals surface area contributed by atoms with E-state index in [0.717, 1.165) is 48.1 Å². The average Bonchev–Trinajstić information content (AvgIpc) is 3.31. The second-order valence-electron chi connectivity index (χ2n) is 8.60. The number of hydrogen-bond acceptors (Lipinski definition) is 6. The quantitative estimate of drug-likeness (QED) is 0.660. The van der Waals surface area contributed by atoms with Crippen molar-refractivity contribution in [2.24, 2.45) is 0 Å². The standard InChI is InChI=1S/C21H24N4O4/c1-12-14-10-28-21(2,3)8-13(14)16-17-18(29-19(16)23-12)20(27)25(11-22-17)9-15(26)24-6-4-5-7-24/h11H,4-10H2,1-3H3. The molecule has 29 heavy (non-hydrogen) atoms. The number of aromatic nitrogens is 3. The highest BCUT2D eigenvalue weighted by molar-refractivity contribution is 6.03. The Morgan fingerprint density at radius 2 is 2.00 bits per heavy atom. The van der Waals surface area contributed by atoms with Gasteiger partial charge in [-0.2, -0.15) is 0 Å². The number of fused-ring (bicyclic) bond motifs is 5. The van der Waals surface area contributed by atoms with Crippen molar-refractivity contribution in [3.8, 4) is 0 Å². The lowest BCUT2D eigenvalue weighted by atomic mass is 9.89. The number of carbonyl (C=O) groups is 1. The Labute approximate surface area is 167 Å². The molecule has 0 radical (unpaired) electrons. The smallest absolute Gasteiger partial charge is 0.297 e. The van der Waals surface area contributed by atoms with Gasteiger partial charge in [-0.05, 0) is 39.2 Å². The van der Waals surface area contributed by atoms with Gasteiger partial charge in [-0.15, -0.1) is 0 Å². The molecule has 0 saturated carbocycles. The highest BCUT2D eigenvalue weighted by Gasteiger charge is 2.31. The normalized spacial score (nSPS) is 18.5. The summed E-state index contributed by atoms with van der Waals surface area (Å²) in [6, 6.07) is 0. The van der Waals surface area contributed by atoms with Crippen molar-refractivity contribution in [2.75, 3.05) is 13.1 Å². The SMILES string of the molecule is Cc1nc2oc3c(=O)n(CC(=O)N4CCCC4)cnc3c2c2c1COC(C)(C)C2. The fourth-order valence-corrected chi connectivity index (χ4v) is 4.38. The molecule has 0 aliphatic carbocycles. The zero-order valence-electron chi connectivity index (χ0n) is 16.9. The third kappa shape index (κ3) is 2.93. The number of nitrogens with zero attached hydrogens (tertiary/aromatic N) is 4. The summed E-state index contributed by atoms with van der Waals surface area (Å²) in [5, 5.41) is 0.784. The van der Waals surface area contributed by atoms with E-state index in [0.29, 0.717) is 24.3 Å². The second kappa shape index (κ2) is 6.38. The number of pyridine rings is 1. The van der Waals surface area contributed by atoms with Crippen LogP contribution >= 0.6 is 0 Å². The minimum Gasteiger partial charge on any atom is -0.430 e. The fourth-order valence-electron chi connectivity index (χ4n) is 4.38. The summed E-state index contributed by atoms with van der Waals surface area (Å²) in [5.41, 5.74) is 3.38. The number of aryl methyl sites for hydroxylation is 1. The van der Waals surface area contributed by atoms with Gasteiger partial charge in [0.25, 0.3) is 5.56 Å². The van der Waals surface area contributed by atoms with E-state index in [1.807, 2.05) is 20.8 Å². The van der Waals surface area contributed by atoms with Crippen molar-refractivity contribution >= 4 is 28.1 Å². The third-order valence-electron chi connectivity index (χ3n) is 5.99. The van der Waals surface area contributed by atoms with Crippen molar-refractivity contribution in [1.29, 1.82) is 0 Å². The summed E-state index contributed by atoms with van der Waals surface area (Å²) in [6.45, 7) is 7.97. The molecule has 152 valence electrons. The molecular formula is C21H24N4O4. The van der Waals surface area contributed by atoms with E-state index in [1.165, 1.54) is 10.9 Å². The number of rotatable bonds is 2. The number of amides is 1. The maximum absolute atomic E-state index is 13.0. The van der Waals surface area contributed by atoms with Crippen LogP contribution in [0.5, 0.6) is 0 Å². The highest BCUT2D eigenvalue weighted by atomic mass is 16.5. The summed E-state index contributed by atoms with van der Waals surface area (Å²) < 4.78 is 13.2. The number of hydrogen-bond donors (Lipinski definition) is 0. The van der Waals surface area contributed by atoms with Crippen molar-refractivity contribution in [1.82, 2.24) is 19.4 Å². The molecule has 1 amide bonds. The molecule has 0 N–H and O–H groups in total. The van der Waals surface area contributed by atoms with Gasteiger partial charge in [0, 0.05) is 30.8 Å². The van der Waals surface area contributed by atoms with Crippen LogP contribution in [0.1, 0.15) is 43.5 Å². The maximum atomic E-state index is 13.0. The zero-order chi connectivity index (χ0) is 20.3. The van der Waals surface area contributed by atoms with E-state index in [2.05, 4.69) is 9.97 Å². The van der Waals surface area contributed by atoms with Crippen molar-refractivity contribution < 1.29 is 13.9 Å². The minimum absolute atomic E-state index is 0.0236. The Morgan fingerprint density at radius 3 is 2.76 bits per heavy atom. The van der Waals surface area contributed by atoms with E-state index < -0.39 is 0 Å². The third-order valence-corrected chi connectivity index (χ3v) is 5.99. The van der Waals surface area contributed by atoms with Gasteiger partial charge in [-0.1, -0.05) is 0 Å². The highest BCUT2D eigenvalue weighted by Crippen LogP contribution is 2.37. The van der Waals surface area contributed by atoms with Gasteiger partial charge in [0.05, 0.1) is 23.9 Å². The molecule has 0 aromatic carbocycles. The average molecular weight is 396 g/mol. The molecule has 5 rings (SSSR count). The van der Waals surface area contributed by atoms with E-state index in [9.17, 15) is 9.59 Å². The predicted octanol–water partition coefficient (Wildman–Crippen LogP) is 2.32. The van der Waals surface area contributed by atoms with E-state index in [-0.39, 0.29) is 29.2 Å². The minimum atomic E-state index is -0.349. The number of likely N-dealkylation sites (tertiary alicyclic amines) is 1. The number of furan rings is 1. The summed E-state index contributed by atoms with van der Waals surface area (Å²) in [7, 11) is 0. The Hall–Kier alpha value is -2.74. The Kier molecular flexibility index (Phi) is 4.03. The molecule has 0 spiro atoms. The molecule has 5 heterocycles. The van der Waals surface area contributed by atoms with Crippen LogP contribution in [0.15, 0.2) is 15.5 Å². The van der Waals surface area contributed by atoms with Crippen molar-refractivity contribution in [2.45, 2.75) is 58.8 Å². The first-order valence-electron chi connectivity index (χ1n) is 10.1. The monoisotopic (exact) mass is 396 g/mol. The Bertz CT molecular complexity index is 1200. The maximum Gasteiger partial charge on any atom is 0.297 e. The zero-order valence-corrected chi connectivity index (χ0v) is 16.9. The van der Waals surface area contributed by atoms with Crippen LogP contribution in [0.2, 0.25) is 0 Å². The molecule has 2 aliphatic rings. The van der Waals surface area contributed by atoms with Crippen LogP contribution in [0.4, 0.5) is 0 Å². The number of carbonyl (C=O) groups excluding carboxylic acids is 1. The lowest BCUT2D eigenvalue weighted by Crippen LogP contribution is -2.34. The first-order chi connectivity index (χ1) is 13.8. The van der Waals surface area contributed by atoms with Gasteiger partial charge >= 0.3 is 0 Å². The van der Waals surface area contributed by atoms with Gasteiger partial charge in [0.15, 0.2) is 0 Å². The molecule has 0 atom stereocenters.